The third-order valence-electron chi connectivity index (χ3n) is 8.18. The number of piperidine rings is 1. The van der Waals surface area contributed by atoms with Gasteiger partial charge >= 0.3 is 12.3 Å². The van der Waals surface area contributed by atoms with Gasteiger partial charge in [0.05, 0.1) is 17.5 Å². The van der Waals surface area contributed by atoms with Crippen LogP contribution in [0.2, 0.25) is 0 Å². The van der Waals surface area contributed by atoms with Gasteiger partial charge in [-0.2, -0.15) is 13.2 Å². The molecule has 2 fully saturated rings. The minimum atomic E-state index is -4.44. The first-order valence-corrected chi connectivity index (χ1v) is 15.0. The minimum Gasteiger partial charge on any atom is -0.444 e. The van der Waals surface area contributed by atoms with E-state index in [0.29, 0.717) is 30.9 Å². The standard InChI is InChI=1S/C31H42F3N7O2/c1-30(2,3)43-29(42)41-18-23(19-41)27(28-38-37-20-39(28)4)22-9-8-10-24(14-22)35-16-26-25(31(32,33)34)13-21(15-36-26)17-40-11-6-5-7-12-40/h8-10,13-15,20,23,26-27,35-36H,5-7,11-12,16-19H2,1-4H3/t26?,27-/m0/s1. The van der Waals surface area contributed by atoms with Crippen LogP contribution in [0.15, 0.2) is 54.0 Å². The summed E-state index contributed by atoms with van der Waals surface area (Å²) in [5, 5.41) is 14.7. The van der Waals surface area contributed by atoms with Crippen LogP contribution in [0.3, 0.4) is 0 Å². The number of carbonyl (C=O) groups is 1. The van der Waals surface area contributed by atoms with E-state index in [1.165, 1.54) is 12.5 Å². The van der Waals surface area contributed by atoms with Crippen molar-refractivity contribution in [2.45, 2.75) is 63.8 Å². The van der Waals surface area contributed by atoms with Crippen molar-refractivity contribution in [1.82, 2.24) is 29.9 Å². The maximum atomic E-state index is 14.1. The van der Waals surface area contributed by atoms with Gasteiger partial charge in [0.15, 0.2) is 0 Å². The van der Waals surface area contributed by atoms with Crippen LogP contribution in [-0.2, 0) is 11.8 Å². The number of nitrogens with one attached hydrogen (secondary N) is 2. The Balaban J connectivity index is 1.27. The zero-order chi connectivity index (χ0) is 30.8. The number of halogens is 3. The molecule has 43 heavy (non-hydrogen) atoms. The van der Waals surface area contributed by atoms with E-state index in [9.17, 15) is 18.0 Å². The molecule has 1 unspecified atom stereocenters. The molecular formula is C31H42F3N7O2. The topological polar surface area (TPSA) is 87.6 Å². The van der Waals surface area contributed by atoms with E-state index < -0.39 is 23.4 Å². The fourth-order valence-corrected chi connectivity index (χ4v) is 6.02. The quantitative estimate of drug-likeness (QED) is 0.438. The Morgan fingerprint density at radius 3 is 2.56 bits per heavy atom. The molecule has 0 saturated carbocycles. The zero-order valence-electron chi connectivity index (χ0n) is 25.3. The number of aryl methyl sites for hydroxylation is 1. The SMILES string of the molecule is Cn1cnnc1[C@@H](c1cccc(NCC2NC=C(CN3CCCCC3)C=C2C(F)(F)F)c1)C1CN(C(=O)OC(C)(C)C)C1. The van der Waals surface area contributed by atoms with E-state index in [0.717, 1.165) is 37.3 Å². The second kappa shape index (κ2) is 12.6. The van der Waals surface area contributed by atoms with Crippen molar-refractivity contribution >= 4 is 11.8 Å². The average molecular weight is 602 g/mol. The molecule has 1 aromatic heterocycles. The number of aromatic nitrogens is 3. The highest BCUT2D eigenvalue weighted by atomic mass is 19.4. The number of carbonyl (C=O) groups excluding carboxylic acids is 1. The molecule has 2 saturated heterocycles. The number of nitrogens with zero attached hydrogens (tertiary/aromatic N) is 5. The van der Waals surface area contributed by atoms with Crippen LogP contribution in [0.25, 0.3) is 0 Å². The molecule has 1 aromatic carbocycles. The molecule has 0 aliphatic carbocycles. The Labute approximate surface area is 251 Å². The Morgan fingerprint density at radius 2 is 1.91 bits per heavy atom. The summed E-state index contributed by atoms with van der Waals surface area (Å²) >= 11 is 0. The van der Waals surface area contributed by atoms with Gasteiger partial charge in [-0.05, 0) is 76.0 Å². The summed E-state index contributed by atoms with van der Waals surface area (Å²) in [6, 6.07) is 6.75. The van der Waals surface area contributed by atoms with Gasteiger partial charge < -0.3 is 24.8 Å². The van der Waals surface area contributed by atoms with E-state index in [1.54, 1.807) is 17.4 Å². The molecule has 3 aliphatic heterocycles. The second-order valence-electron chi connectivity index (χ2n) is 12.8. The molecule has 2 atom stereocenters. The number of alkyl halides is 3. The number of benzene rings is 1. The molecule has 5 rings (SSSR count). The number of hydrogen-bond acceptors (Lipinski definition) is 7. The Bertz CT molecular complexity index is 1340. The predicted octanol–water partition coefficient (Wildman–Crippen LogP) is 5.06. The van der Waals surface area contributed by atoms with E-state index in [-0.39, 0.29) is 24.5 Å². The van der Waals surface area contributed by atoms with Gasteiger partial charge in [0.2, 0.25) is 0 Å². The van der Waals surface area contributed by atoms with Crippen molar-refractivity contribution in [3.05, 3.63) is 65.4 Å². The molecular weight excluding hydrogens is 559 g/mol. The molecule has 2 aromatic rings. The highest BCUT2D eigenvalue weighted by Gasteiger charge is 2.42. The van der Waals surface area contributed by atoms with Crippen molar-refractivity contribution in [2.24, 2.45) is 13.0 Å². The van der Waals surface area contributed by atoms with Gasteiger partial charge in [0.1, 0.15) is 17.8 Å². The Morgan fingerprint density at radius 1 is 1.16 bits per heavy atom. The minimum absolute atomic E-state index is 0.0623. The third-order valence-corrected chi connectivity index (χ3v) is 8.18. The van der Waals surface area contributed by atoms with Gasteiger partial charge in [-0.25, -0.2) is 4.79 Å². The summed E-state index contributed by atoms with van der Waals surface area (Å²) in [6.45, 7) is 8.94. The second-order valence-corrected chi connectivity index (χ2v) is 12.8. The zero-order valence-corrected chi connectivity index (χ0v) is 25.3. The van der Waals surface area contributed by atoms with Gasteiger partial charge in [0.25, 0.3) is 0 Å². The predicted molar refractivity (Wildman–Crippen MR) is 159 cm³/mol. The van der Waals surface area contributed by atoms with E-state index >= 15 is 0 Å². The fourth-order valence-electron chi connectivity index (χ4n) is 6.02. The van der Waals surface area contributed by atoms with E-state index in [2.05, 4.69) is 25.7 Å². The van der Waals surface area contributed by atoms with Crippen LogP contribution in [0.1, 0.15) is 57.3 Å². The molecule has 0 radical (unpaired) electrons. The molecule has 1 amide bonds. The number of dihydropyridines is 1. The van der Waals surface area contributed by atoms with Crippen LogP contribution in [-0.4, -0.2) is 87.7 Å². The lowest BCUT2D eigenvalue weighted by Crippen LogP contribution is -2.53. The number of anilines is 1. The van der Waals surface area contributed by atoms with Crippen LogP contribution >= 0.6 is 0 Å². The van der Waals surface area contributed by atoms with Crippen molar-refractivity contribution in [2.75, 3.05) is 44.6 Å². The number of ether oxygens (including phenoxy) is 1. The molecule has 234 valence electrons. The van der Waals surface area contributed by atoms with Crippen molar-refractivity contribution in [3.8, 4) is 0 Å². The van der Waals surface area contributed by atoms with Gasteiger partial charge in [-0.1, -0.05) is 18.6 Å². The monoisotopic (exact) mass is 601 g/mol. The van der Waals surface area contributed by atoms with Crippen molar-refractivity contribution in [1.29, 1.82) is 0 Å². The number of amides is 1. The number of likely N-dealkylation sites (tertiary alicyclic amines) is 2. The highest BCUT2D eigenvalue weighted by molar-refractivity contribution is 5.69. The fraction of sp³-hybridized carbons (Fsp3) is 0.581. The van der Waals surface area contributed by atoms with E-state index in [1.807, 2.05) is 56.7 Å². The van der Waals surface area contributed by atoms with Crippen molar-refractivity contribution in [3.63, 3.8) is 0 Å². The molecule has 9 nitrogen and oxygen atoms in total. The largest absolute Gasteiger partial charge is 0.444 e. The van der Waals surface area contributed by atoms with Crippen molar-refractivity contribution < 1.29 is 22.7 Å². The molecule has 0 bridgehead atoms. The highest BCUT2D eigenvalue weighted by Crippen LogP contribution is 2.38. The molecule has 3 aliphatic rings. The lowest BCUT2D eigenvalue weighted by Gasteiger charge is -2.43. The van der Waals surface area contributed by atoms with Gasteiger partial charge in [0, 0.05) is 51.0 Å². The summed E-state index contributed by atoms with van der Waals surface area (Å²) in [7, 11) is 1.88. The van der Waals surface area contributed by atoms with E-state index in [4.69, 9.17) is 4.74 Å². The molecule has 0 spiro atoms. The molecule has 4 heterocycles. The van der Waals surface area contributed by atoms with Crippen LogP contribution < -0.4 is 10.6 Å². The number of rotatable bonds is 8. The Kier molecular flexibility index (Phi) is 9.05. The normalized spacial score (nSPS) is 20.9. The van der Waals surface area contributed by atoms with Gasteiger partial charge in [-0.3, -0.25) is 4.90 Å². The summed E-state index contributed by atoms with van der Waals surface area (Å²) in [4.78, 5) is 16.5. The smallest absolute Gasteiger partial charge is 0.414 e. The molecule has 12 heteroatoms. The lowest BCUT2D eigenvalue weighted by atomic mass is 9.80. The summed E-state index contributed by atoms with van der Waals surface area (Å²) in [6.07, 6.45) is 3.23. The van der Waals surface area contributed by atoms with Crippen LogP contribution in [0.5, 0.6) is 0 Å². The first-order chi connectivity index (χ1) is 20.4. The maximum absolute atomic E-state index is 14.1. The summed E-state index contributed by atoms with van der Waals surface area (Å²) < 4.78 is 49.7. The van der Waals surface area contributed by atoms with Gasteiger partial charge in [-0.15, -0.1) is 10.2 Å². The lowest BCUT2D eigenvalue weighted by molar-refractivity contribution is -0.0962. The summed E-state index contributed by atoms with van der Waals surface area (Å²) in [5.41, 5.74) is 1.16. The van der Waals surface area contributed by atoms with Crippen LogP contribution in [0.4, 0.5) is 23.7 Å². The van der Waals surface area contributed by atoms with Crippen LogP contribution in [0, 0.1) is 5.92 Å². The first kappa shape index (κ1) is 30.9. The molecule has 2 N–H and O–H groups in total. The summed E-state index contributed by atoms with van der Waals surface area (Å²) in [5.74, 6) is 0.675. The maximum Gasteiger partial charge on any atom is 0.414 e. The number of hydrogen-bond donors (Lipinski definition) is 2. The average Bonchev–Trinajstić information content (AvgIpc) is 3.34. The Hall–Kier alpha value is -3.54. The first-order valence-electron chi connectivity index (χ1n) is 15.0. The third kappa shape index (κ3) is 7.70.